The van der Waals surface area contributed by atoms with Crippen LogP contribution in [0.5, 0.6) is 17.2 Å². The number of hydrogen-bond acceptors (Lipinski definition) is 5. The molecule has 0 radical (unpaired) electrons. The van der Waals surface area contributed by atoms with Gasteiger partial charge in [0, 0.05) is 24.7 Å². The number of hydrogen-bond donors (Lipinski definition) is 1. The van der Waals surface area contributed by atoms with Crippen molar-refractivity contribution in [1.82, 2.24) is 10.2 Å². The molecule has 7 nitrogen and oxygen atoms in total. The molecule has 2 aromatic rings. The van der Waals surface area contributed by atoms with Crippen LogP contribution in [0.2, 0.25) is 0 Å². The third kappa shape index (κ3) is 6.52. The number of amides is 2. The summed E-state index contributed by atoms with van der Waals surface area (Å²) >= 11 is 0. The van der Waals surface area contributed by atoms with Gasteiger partial charge in [0.25, 0.3) is 11.8 Å². The highest BCUT2D eigenvalue weighted by Gasteiger charge is 2.39. The number of piperidine rings is 1. The molecule has 1 saturated heterocycles. The van der Waals surface area contributed by atoms with Gasteiger partial charge in [-0.15, -0.1) is 13.2 Å². The minimum Gasteiger partial charge on any atom is -0.493 e. The molecule has 1 heterocycles. The highest BCUT2D eigenvalue weighted by Crippen LogP contribution is 2.36. The fourth-order valence-electron chi connectivity index (χ4n) is 5.65. The Bertz CT molecular complexity index is 1130. The highest BCUT2D eigenvalue weighted by molar-refractivity contribution is 5.97. The fraction of sp³-hybridized carbons (Fsp3) is 0.500. The average Bonchev–Trinajstić information content (AvgIpc) is 2.92. The minimum atomic E-state index is -4.91. The second-order valence-corrected chi connectivity index (χ2v) is 9.80. The number of benzene rings is 2. The first-order chi connectivity index (χ1) is 18.2. The molecule has 2 amide bonds. The molecule has 0 bridgehead atoms. The Balaban J connectivity index is 1.53. The summed E-state index contributed by atoms with van der Waals surface area (Å²) in [5, 5.41) is 2.98. The molecule has 206 valence electrons. The smallest absolute Gasteiger partial charge is 0.493 e. The number of likely N-dealkylation sites (tertiary alicyclic amines) is 1. The van der Waals surface area contributed by atoms with E-state index in [1.165, 1.54) is 32.4 Å². The minimum absolute atomic E-state index is 0.0206. The first-order valence-corrected chi connectivity index (χ1v) is 12.9. The topological polar surface area (TPSA) is 77.1 Å². The molecule has 1 saturated carbocycles. The van der Waals surface area contributed by atoms with E-state index in [2.05, 4.69) is 10.1 Å². The van der Waals surface area contributed by atoms with Crippen molar-refractivity contribution in [1.29, 1.82) is 0 Å². The van der Waals surface area contributed by atoms with Crippen LogP contribution >= 0.6 is 0 Å². The van der Waals surface area contributed by atoms with Crippen LogP contribution < -0.4 is 19.5 Å². The number of alkyl halides is 3. The maximum atomic E-state index is 13.4. The van der Waals surface area contributed by atoms with Crippen molar-refractivity contribution >= 4 is 11.8 Å². The lowest BCUT2D eigenvalue weighted by atomic mass is 9.74. The van der Waals surface area contributed by atoms with Gasteiger partial charge in [-0.2, -0.15) is 0 Å². The summed E-state index contributed by atoms with van der Waals surface area (Å²) in [7, 11) is 3.04. The summed E-state index contributed by atoms with van der Waals surface area (Å²) in [4.78, 5) is 28.4. The molecular weight excluding hydrogens is 501 g/mol. The van der Waals surface area contributed by atoms with E-state index in [-0.39, 0.29) is 23.4 Å². The van der Waals surface area contributed by atoms with Gasteiger partial charge < -0.3 is 24.4 Å². The Hall–Kier alpha value is -3.43. The monoisotopic (exact) mass is 534 g/mol. The van der Waals surface area contributed by atoms with Crippen LogP contribution in [-0.2, 0) is 0 Å². The third-order valence-corrected chi connectivity index (χ3v) is 7.50. The van der Waals surface area contributed by atoms with E-state index in [9.17, 15) is 22.8 Å². The first kappa shape index (κ1) is 27.6. The number of nitrogens with one attached hydrogen (secondary N) is 1. The average molecular weight is 535 g/mol. The Labute approximate surface area is 220 Å². The molecule has 2 atom stereocenters. The molecule has 1 N–H and O–H groups in total. The van der Waals surface area contributed by atoms with Crippen molar-refractivity contribution in [2.24, 2.45) is 11.8 Å². The Kier molecular flexibility index (Phi) is 8.69. The number of ether oxygens (including phenoxy) is 3. The summed E-state index contributed by atoms with van der Waals surface area (Å²) < 4.78 is 53.4. The van der Waals surface area contributed by atoms with Crippen molar-refractivity contribution in [3.05, 3.63) is 53.6 Å². The molecule has 2 aromatic carbocycles. The zero-order valence-electron chi connectivity index (χ0n) is 21.6. The van der Waals surface area contributed by atoms with E-state index in [0.29, 0.717) is 42.5 Å². The summed E-state index contributed by atoms with van der Waals surface area (Å²) in [6.07, 6.45) is 0.871. The van der Waals surface area contributed by atoms with Gasteiger partial charge >= 0.3 is 6.36 Å². The lowest BCUT2D eigenvalue weighted by Crippen LogP contribution is -2.54. The van der Waals surface area contributed by atoms with Crippen molar-refractivity contribution < 1.29 is 37.0 Å². The number of para-hydroxylation sites is 1. The molecule has 1 aliphatic heterocycles. The second-order valence-electron chi connectivity index (χ2n) is 9.80. The Morgan fingerprint density at radius 2 is 1.63 bits per heavy atom. The molecule has 2 aliphatic rings. The molecule has 38 heavy (non-hydrogen) atoms. The number of nitrogens with zero attached hydrogens (tertiary/aromatic N) is 1. The van der Waals surface area contributed by atoms with Crippen LogP contribution in [0.25, 0.3) is 0 Å². The van der Waals surface area contributed by atoms with Crippen LogP contribution in [0.4, 0.5) is 13.2 Å². The molecule has 0 aromatic heterocycles. The number of rotatable bonds is 7. The van der Waals surface area contributed by atoms with Gasteiger partial charge in [-0.05, 0) is 48.6 Å². The van der Waals surface area contributed by atoms with E-state index in [4.69, 9.17) is 9.47 Å². The van der Waals surface area contributed by atoms with E-state index >= 15 is 0 Å². The summed E-state index contributed by atoms with van der Waals surface area (Å²) in [5.41, 5.74) is 0.307. The number of halogens is 3. The van der Waals surface area contributed by atoms with Crippen LogP contribution in [-0.4, -0.2) is 56.4 Å². The normalized spacial score (nSPS) is 20.5. The zero-order chi connectivity index (χ0) is 27.3. The summed E-state index contributed by atoms with van der Waals surface area (Å²) in [6, 6.07) is 10.1. The fourth-order valence-corrected chi connectivity index (χ4v) is 5.65. The van der Waals surface area contributed by atoms with Gasteiger partial charge in [-0.25, -0.2) is 0 Å². The summed E-state index contributed by atoms with van der Waals surface area (Å²) in [6.45, 7) is 0.853. The lowest BCUT2D eigenvalue weighted by molar-refractivity contribution is -0.274. The second kappa shape index (κ2) is 12.0. The Morgan fingerprint density at radius 1 is 0.921 bits per heavy atom. The van der Waals surface area contributed by atoms with Crippen molar-refractivity contribution in [2.75, 3.05) is 27.3 Å². The van der Waals surface area contributed by atoms with Gasteiger partial charge in [0.05, 0.1) is 19.8 Å². The van der Waals surface area contributed by atoms with Gasteiger partial charge in [0.1, 0.15) is 5.75 Å². The largest absolute Gasteiger partial charge is 0.573 e. The van der Waals surface area contributed by atoms with Crippen molar-refractivity contribution in [3.8, 4) is 17.2 Å². The van der Waals surface area contributed by atoms with E-state index in [1.54, 1.807) is 23.1 Å². The SMILES string of the molecule is COc1ccc(C(=O)N2CCC(NC(=O)c3ccccc3OC(F)(F)F)C(C3CCCCC3)C2)cc1OC. The Morgan fingerprint density at radius 3 is 2.32 bits per heavy atom. The van der Waals surface area contributed by atoms with Crippen LogP contribution in [0.15, 0.2) is 42.5 Å². The van der Waals surface area contributed by atoms with Crippen LogP contribution in [0.1, 0.15) is 59.2 Å². The van der Waals surface area contributed by atoms with Crippen molar-refractivity contribution in [2.45, 2.75) is 50.9 Å². The standard InChI is InChI=1S/C28H33F3N2O5/c1-36-24-13-12-19(16-25(24)37-2)27(35)33-15-14-22(21(17-33)18-8-4-3-5-9-18)32-26(34)20-10-6-7-11-23(20)38-28(29,30)31/h6-7,10-13,16,18,21-22H,3-5,8-9,14-15,17H2,1-2H3,(H,32,34). The van der Waals surface area contributed by atoms with E-state index in [0.717, 1.165) is 38.2 Å². The van der Waals surface area contributed by atoms with Crippen molar-refractivity contribution in [3.63, 3.8) is 0 Å². The molecule has 1 aliphatic carbocycles. The predicted molar refractivity (Wildman–Crippen MR) is 135 cm³/mol. The molecular formula is C28H33F3N2O5. The zero-order valence-corrected chi connectivity index (χ0v) is 21.6. The van der Waals surface area contributed by atoms with Gasteiger partial charge in [-0.3, -0.25) is 9.59 Å². The maximum absolute atomic E-state index is 13.4. The highest BCUT2D eigenvalue weighted by atomic mass is 19.4. The molecule has 10 heteroatoms. The summed E-state index contributed by atoms with van der Waals surface area (Å²) in [5.74, 6) is -0.0162. The molecule has 2 unspecified atom stereocenters. The van der Waals surface area contributed by atoms with Gasteiger partial charge in [-0.1, -0.05) is 44.2 Å². The quantitative estimate of drug-likeness (QED) is 0.512. The number of carbonyl (C=O) groups is 2. The van der Waals surface area contributed by atoms with E-state index in [1.807, 2.05) is 0 Å². The third-order valence-electron chi connectivity index (χ3n) is 7.50. The molecule has 0 spiro atoms. The van der Waals surface area contributed by atoms with Crippen LogP contribution in [0, 0.1) is 11.8 Å². The first-order valence-electron chi connectivity index (χ1n) is 12.9. The number of methoxy groups -OCH3 is 2. The predicted octanol–water partition coefficient (Wildman–Crippen LogP) is 5.44. The van der Waals surface area contributed by atoms with Gasteiger partial charge in [0.2, 0.25) is 0 Å². The lowest BCUT2D eigenvalue weighted by Gasteiger charge is -2.43. The molecule has 4 rings (SSSR count). The van der Waals surface area contributed by atoms with Gasteiger partial charge in [0.15, 0.2) is 11.5 Å². The van der Waals surface area contributed by atoms with E-state index < -0.39 is 18.0 Å². The van der Waals surface area contributed by atoms with Crippen LogP contribution in [0.3, 0.4) is 0 Å². The molecule has 2 fully saturated rings. The number of carbonyl (C=O) groups excluding carboxylic acids is 2. The maximum Gasteiger partial charge on any atom is 0.573 e.